The molecule has 1 aromatic heterocycles. The molecular weight excluding hydrogens is 537 g/mol. The van der Waals surface area contributed by atoms with Gasteiger partial charge in [0, 0.05) is 46.2 Å². The number of benzene rings is 2. The standard InChI is InChI=1S/C30H29F3N4O4/c1-5-26(38)36-25-13-20(30(31,32)33)8-9-21(25)19-11-22(17(4)24(12-19)37-27(39)18-6-7-18)28(40)34-14-23-15(2)10-16(3)35-29(23)41/h5,8-13,18H,1,6-7,14H2,2-4H3,(H,34,40)(H,35,41)(H,36,38)(H,37,39). The fourth-order valence-corrected chi connectivity index (χ4v) is 4.44. The predicted octanol–water partition coefficient (Wildman–Crippen LogP) is 5.39. The second kappa shape index (κ2) is 11.4. The minimum absolute atomic E-state index is 0.0748. The molecule has 0 saturated heterocycles. The van der Waals surface area contributed by atoms with E-state index in [1.807, 2.05) is 0 Å². The molecule has 0 radical (unpaired) electrons. The number of hydrogen-bond donors (Lipinski definition) is 4. The Morgan fingerprint density at radius 1 is 1.02 bits per heavy atom. The minimum atomic E-state index is -4.67. The molecule has 0 atom stereocenters. The Morgan fingerprint density at radius 3 is 2.34 bits per heavy atom. The monoisotopic (exact) mass is 566 g/mol. The summed E-state index contributed by atoms with van der Waals surface area (Å²) in [6, 6.07) is 7.65. The highest BCUT2D eigenvalue weighted by atomic mass is 19.4. The van der Waals surface area contributed by atoms with E-state index in [1.165, 1.54) is 12.1 Å². The van der Waals surface area contributed by atoms with Crippen molar-refractivity contribution in [2.45, 2.75) is 46.3 Å². The molecule has 3 aromatic rings. The lowest BCUT2D eigenvalue weighted by molar-refractivity contribution is -0.137. The average molecular weight is 567 g/mol. The van der Waals surface area contributed by atoms with E-state index in [-0.39, 0.29) is 46.3 Å². The summed E-state index contributed by atoms with van der Waals surface area (Å²) in [5.74, 6) is -1.67. The summed E-state index contributed by atoms with van der Waals surface area (Å²) in [7, 11) is 0. The van der Waals surface area contributed by atoms with Crippen molar-refractivity contribution in [3.8, 4) is 11.1 Å². The van der Waals surface area contributed by atoms with Gasteiger partial charge in [-0.05, 0) is 86.7 Å². The first-order chi connectivity index (χ1) is 19.3. The Kier molecular flexibility index (Phi) is 8.18. The molecule has 3 amide bonds. The summed E-state index contributed by atoms with van der Waals surface area (Å²) in [4.78, 5) is 53.3. The number of aromatic amines is 1. The molecule has 0 bridgehead atoms. The molecule has 11 heteroatoms. The van der Waals surface area contributed by atoms with Gasteiger partial charge in [0.2, 0.25) is 11.8 Å². The van der Waals surface area contributed by atoms with Gasteiger partial charge in [-0.2, -0.15) is 13.2 Å². The quantitative estimate of drug-likeness (QED) is 0.273. The third-order valence-corrected chi connectivity index (χ3v) is 6.88. The van der Waals surface area contributed by atoms with Crippen LogP contribution >= 0.6 is 0 Å². The van der Waals surface area contributed by atoms with Crippen molar-refractivity contribution in [2.24, 2.45) is 5.92 Å². The zero-order chi connectivity index (χ0) is 30.1. The lowest BCUT2D eigenvalue weighted by Crippen LogP contribution is -2.28. The number of alkyl halides is 3. The summed E-state index contributed by atoms with van der Waals surface area (Å²) >= 11 is 0. The van der Waals surface area contributed by atoms with Crippen LogP contribution in [0.4, 0.5) is 24.5 Å². The zero-order valence-electron chi connectivity index (χ0n) is 22.7. The van der Waals surface area contributed by atoms with Crippen molar-refractivity contribution >= 4 is 29.1 Å². The Hall–Kier alpha value is -4.67. The smallest absolute Gasteiger partial charge is 0.348 e. The first-order valence-corrected chi connectivity index (χ1v) is 12.9. The molecule has 1 saturated carbocycles. The van der Waals surface area contributed by atoms with Crippen LogP contribution in [0.15, 0.2) is 53.8 Å². The third-order valence-electron chi connectivity index (χ3n) is 6.88. The molecule has 8 nitrogen and oxygen atoms in total. The zero-order valence-corrected chi connectivity index (χ0v) is 22.7. The van der Waals surface area contributed by atoms with Gasteiger partial charge in [-0.1, -0.05) is 12.6 Å². The number of hydrogen-bond acceptors (Lipinski definition) is 4. The minimum Gasteiger partial charge on any atom is -0.348 e. The van der Waals surface area contributed by atoms with Gasteiger partial charge in [-0.15, -0.1) is 0 Å². The van der Waals surface area contributed by atoms with Crippen molar-refractivity contribution in [3.63, 3.8) is 0 Å². The molecule has 41 heavy (non-hydrogen) atoms. The number of halogens is 3. The Labute approximate surface area is 234 Å². The molecule has 1 aliphatic carbocycles. The number of nitrogens with one attached hydrogen (secondary N) is 4. The Balaban J connectivity index is 1.79. The number of rotatable bonds is 8. The van der Waals surface area contributed by atoms with Crippen molar-refractivity contribution in [1.82, 2.24) is 10.3 Å². The van der Waals surface area contributed by atoms with Crippen molar-refractivity contribution in [1.29, 1.82) is 0 Å². The van der Waals surface area contributed by atoms with E-state index < -0.39 is 23.6 Å². The van der Waals surface area contributed by atoms with Crippen molar-refractivity contribution in [2.75, 3.05) is 10.6 Å². The van der Waals surface area contributed by atoms with Gasteiger partial charge in [0.15, 0.2) is 0 Å². The molecule has 2 aromatic carbocycles. The maximum Gasteiger partial charge on any atom is 0.416 e. The molecule has 0 unspecified atom stereocenters. The number of pyridine rings is 1. The van der Waals surface area contributed by atoms with Crippen LogP contribution < -0.4 is 21.5 Å². The average Bonchev–Trinajstić information content (AvgIpc) is 3.74. The number of carbonyl (C=O) groups is 3. The van der Waals surface area contributed by atoms with E-state index in [1.54, 1.807) is 32.9 Å². The number of anilines is 2. The number of aryl methyl sites for hydroxylation is 2. The first kappa shape index (κ1) is 29.3. The molecule has 1 aliphatic rings. The summed E-state index contributed by atoms with van der Waals surface area (Å²) in [5, 5.41) is 7.96. The second-order valence-corrected chi connectivity index (χ2v) is 10.0. The van der Waals surface area contributed by atoms with Crippen LogP contribution in [0, 0.1) is 26.7 Å². The molecule has 1 fully saturated rings. The Morgan fingerprint density at radius 2 is 1.73 bits per heavy atom. The molecule has 214 valence electrons. The lowest BCUT2D eigenvalue weighted by atomic mass is 9.95. The van der Waals surface area contributed by atoms with Gasteiger partial charge in [-0.3, -0.25) is 19.2 Å². The van der Waals surface area contributed by atoms with Crippen LogP contribution in [0.5, 0.6) is 0 Å². The topological polar surface area (TPSA) is 120 Å². The third kappa shape index (κ3) is 6.74. The summed E-state index contributed by atoms with van der Waals surface area (Å²) < 4.78 is 40.4. The highest BCUT2D eigenvalue weighted by Gasteiger charge is 2.32. The fraction of sp³-hybridized carbons (Fsp3) is 0.267. The van der Waals surface area contributed by atoms with Crippen LogP contribution in [0.2, 0.25) is 0 Å². The van der Waals surface area contributed by atoms with Crippen LogP contribution in [0.3, 0.4) is 0 Å². The van der Waals surface area contributed by atoms with Crippen LogP contribution in [-0.2, 0) is 22.3 Å². The van der Waals surface area contributed by atoms with E-state index >= 15 is 0 Å². The van der Waals surface area contributed by atoms with Gasteiger partial charge in [0.05, 0.1) is 5.56 Å². The lowest BCUT2D eigenvalue weighted by Gasteiger charge is -2.18. The van der Waals surface area contributed by atoms with Crippen LogP contribution in [-0.4, -0.2) is 22.7 Å². The van der Waals surface area contributed by atoms with E-state index in [4.69, 9.17) is 0 Å². The molecule has 0 aliphatic heterocycles. The second-order valence-electron chi connectivity index (χ2n) is 10.0. The van der Waals surface area contributed by atoms with Gasteiger partial charge in [0.25, 0.3) is 11.5 Å². The van der Waals surface area contributed by atoms with Gasteiger partial charge < -0.3 is 20.9 Å². The number of aromatic nitrogens is 1. The summed E-state index contributed by atoms with van der Waals surface area (Å²) in [6.45, 7) is 8.42. The summed E-state index contributed by atoms with van der Waals surface area (Å²) in [6.07, 6.45) is -2.27. The molecule has 0 spiro atoms. The van der Waals surface area contributed by atoms with E-state index in [2.05, 4.69) is 27.5 Å². The molecule has 4 N–H and O–H groups in total. The van der Waals surface area contributed by atoms with Gasteiger partial charge >= 0.3 is 6.18 Å². The number of carbonyl (C=O) groups excluding carboxylic acids is 3. The van der Waals surface area contributed by atoms with E-state index in [9.17, 15) is 32.3 Å². The van der Waals surface area contributed by atoms with Gasteiger partial charge in [0.1, 0.15) is 0 Å². The maximum atomic E-state index is 13.5. The molecule has 4 rings (SSSR count). The van der Waals surface area contributed by atoms with Crippen molar-refractivity contribution < 1.29 is 27.6 Å². The number of H-pyrrole nitrogens is 1. The highest BCUT2D eigenvalue weighted by Crippen LogP contribution is 2.38. The largest absolute Gasteiger partial charge is 0.416 e. The summed E-state index contributed by atoms with van der Waals surface area (Å²) in [5.41, 5.74) is 1.62. The van der Waals surface area contributed by atoms with E-state index in [0.717, 1.165) is 31.1 Å². The normalized spacial score (nSPS) is 12.9. The fourth-order valence-electron chi connectivity index (χ4n) is 4.44. The highest BCUT2D eigenvalue weighted by molar-refractivity contribution is 6.04. The predicted molar refractivity (Wildman–Crippen MR) is 150 cm³/mol. The van der Waals surface area contributed by atoms with Crippen LogP contribution in [0.1, 0.15) is 51.1 Å². The SMILES string of the molecule is C=CC(=O)Nc1cc(C(F)(F)F)ccc1-c1cc(NC(=O)C2CC2)c(C)c(C(=O)NCc2c(C)cc(C)[nH]c2=O)c1. The first-order valence-electron chi connectivity index (χ1n) is 12.9. The van der Waals surface area contributed by atoms with E-state index in [0.29, 0.717) is 28.1 Å². The van der Waals surface area contributed by atoms with Crippen molar-refractivity contribution in [3.05, 3.63) is 92.9 Å². The maximum absolute atomic E-state index is 13.5. The number of amides is 3. The molecular formula is C30H29F3N4O4. The Bertz CT molecular complexity index is 1620. The van der Waals surface area contributed by atoms with Crippen LogP contribution in [0.25, 0.3) is 11.1 Å². The molecule has 1 heterocycles. The van der Waals surface area contributed by atoms with Gasteiger partial charge in [-0.25, -0.2) is 0 Å².